The smallest absolute Gasteiger partial charge is 0.0920 e. The van der Waals surface area contributed by atoms with Gasteiger partial charge in [-0.2, -0.15) is 0 Å². The van der Waals surface area contributed by atoms with Gasteiger partial charge in [0.25, 0.3) is 0 Å². The molecule has 0 saturated heterocycles. The number of nitrogens with zero attached hydrogens (tertiary/aromatic N) is 1. The van der Waals surface area contributed by atoms with Crippen LogP contribution in [0.5, 0.6) is 0 Å². The van der Waals surface area contributed by atoms with Crippen molar-refractivity contribution in [3.63, 3.8) is 0 Å². The average molecular weight is 233 g/mol. The van der Waals surface area contributed by atoms with E-state index in [1.165, 1.54) is 16.7 Å². The second-order valence-electron chi connectivity index (χ2n) is 4.92. The fourth-order valence-corrected chi connectivity index (χ4v) is 1.87. The minimum Gasteiger partial charge on any atom is -0.388 e. The number of hydrogen-bond donors (Lipinski definition) is 2. The Balaban J connectivity index is 2.70. The third-order valence-corrected chi connectivity index (χ3v) is 3.19. The van der Waals surface area contributed by atoms with E-state index in [9.17, 15) is 0 Å². The van der Waals surface area contributed by atoms with Gasteiger partial charge in [0.2, 0.25) is 0 Å². The van der Waals surface area contributed by atoms with E-state index in [2.05, 4.69) is 50.9 Å². The number of benzene rings is 1. The predicted octanol–water partition coefficient (Wildman–Crippen LogP) is 2.45. The van der Waals surface area contributed by atoms with Gasteiger partial charge < -0.3 is 5.73 Å². The van der Waals surface area contributed by atoms with Gasteiger partial charge in [-0.25, -0.2) is 0 Å². The lowest BCUT2D eigenvalue weighted by Gasteiger charge is -2.25. The molecule has 1 atom stereocenters. The van der Waals surface area contributed by atoms with Crippen molar-refractivity contribution in [1.29, 1.82) is 5.41 Å². The number of amidine groups is 1. The van der Waals surface area contributed by atoms with Gasteiger partial charge in [0.15, 0.2) is 0 Å². The lowest BCUT2D eigenvalue weighted by atomic mass is 10.0. The van der Waals surface area contributed by atoms with E-state index >= 15 is 0 Å². The molecule has 0 aliphatic carbocycles. The molecule has 0 heterocycles. The molecular formula is C14H23N3. The molecule has 1 rings (SSSR count). The summed E-state index contributed by atoms with van der Waals surface area (Å²) in [6.07, 6.45) is 0.626. The Labute approximate surface area is 104 Å². The van der Waals surface area contributed by atoms with Gasteiger partial charge in [-0.05, 0) is 38.9 Å². The maximum atomic E-state index is 7.33. The van der Waals surface area contributed by atoms with Crippen LogP contribution in [0.15, 0.2) is 18.2 Å². The number of aryl methyl sites for hydroxylation is 2. The zero-order valence-corrected chi connectivity index (χ0v) is 11.2. The molecule has 1 aromatic rings. The maximum Gasteiger partial charge on any atom is 0.0920 e. The predicted molar refractivity (Wildman–Crippen MR) is 73.4 cm³/mol. The molecule has 0 amide bonds. The van der Waals surface area contributed by atoms with Gasteiger partial charge in [-0.15, -0.1) is 0 Å². The Morgan fingerprint density at radius 3 is 2.65 bits per heavy atom. The van der Waals surface area contributed by atoms with E-state index < -0.39 is 0 Å². The molecule has 0 aliphatic heterocycles. The van der Waals surface area contributed by atoms with Crippen LogP contribution in [0, 0.1) is 19.3 Å². The summed E-state index contributed by atoms with van der Waals surface area (Å²) in [6.45, 7) is 7.26. The van der Waals surface area contributed by atoms with Crippen LogP contribution in [-0.2, 0) is 6.54 Å². The van der Waals surface area contributed by atoms with Crippen molar-refractivity contribution in [2.75, 3.05) is 7.05 Å². The van der Waals surface area contributed by atoms with Crippen molar-refractivity contribution < 1.29 is 0 Å². The topological polar surface area (TPSA) is 53.1 Å². The number of nitrogens with one attached hydrogen (secondary N) is 1. The summed E-state index contributed by atoms with van der Waals surface area (Å²) in [5.74, 6) is 0.255. The number of rotatable bonds is 5. The first kappa shape index (κ1) is 13.7. The molecule has 3 nitrogen and oxygen atoms in total. The molecule has 3 heteroatoms. The second kappa shape index (κ2) is 5.82. The summed E-state index contributed by atoms with van der Waals surface area (Å²) < 4.78 is 0. The summed E-state index contributed by atoms with van der Waals surface area (Å²) >= 11 is 0. The Kier molecular flexibility index (Phi) is 4.70. The summed E-state index contributed by atoms with van der Waals surface area (Å²) in [7, 11) is 2.08. The molecule has 0 aromatic heterocycles. The standard InChI is InChI=1S/C14H23N3/c1-10-5-6-11(2)13(7-10)9-17(4)12(3)8-14(15)16/h5-7,12H,8-9H2,1-4H3,(H3,15,16). The van der Waals surface area contributed by atoms with Crippen molar-refractivity contribution in [1.82, 2.24) is 4.90 Å². The first-order valence-electron chi connectivity index (χ1n) is 5.99. The third kappa shape index (κ3) is 4.19. The summed E-state index contributed by atoms with van der Waals surface area (Å²) in [5, 5.41) is 7.33. The monoisotopic (exact) mass is 233 g/mol. The van der Waals surface area contributed by atoms with Crippen molar-refractivity contribution in [2.24, 2.45) is 5.73 Å². The highest BCUT2D eigenvalue weighted by atomic mass is 15.1. The lowest BCUT2D eigenvalue weighted by molar-refractivity contribution is 0.254. The highest BCUT2D eigenvalue weighted by Crippen LogP contribution is 2.14. The van der Waals surface area contributed by atoms with E-state index in [4.69, 9.17) is 11.1 Å². The zero-order valence-electron chi connectivity index (χ0n) is 11.2. The maximum absolute atomic E-state index is 7.33. The highest BCUT2D eigenvalue weighted by molar-refractivity contribution is 5.77. The zero-order chi connectivity index (χ0) is 13.0. The van der Waals surface area contributed by atoms with Crippen LogP contribution < -0.4 is 5.73 Å². The van der Waals surface area contributed by atoms with Gasteiger partial charge in [0.05, 0.1) is 5.84 Å². The van der Waals surface area contributed by atoms with Crippen LogP contribution >= 0.6 is 0 Å². The SMILES string of the molecule is Cc1ccc(C)c(CN(C)C(C)CC(=N)N)c1. The highest BCUT2D eigenvalue weighted by Gasteiger charge is 2.11. The molecular weight excluding hydrogens is 210 g/mol. The van der Waals surface area contributed by atoms with Crippen molar-refractivity contribution in [3.05, 3.63) is 34.9 Å². The molecule has 1 aromatic carbocycles. The van der Waals surface area contributed by atoms with Crippen LogP contribution in [0.1, 0.15) is 30.0 Å². The van der Waals surface area contributed by atoms with Crippen molar-refractivity contribution in [3.8, 4) is 0 Å². The number of nitrogens with two attached hydrogens (primary N) is 1. The molecule has 3 N–H and O–H groups in total. The Morgan fingerprint density at radius 1 is 1.41 bits per heavy atom. The van der Waals surface area contributed by atoms with Gasteiger partial charge >= 0.3 is 0 Å². The van der Waals surface area contributed by atoms with Gasteiger partial charge in [0, 0.05) is 19.0 Å². The van der Waals surface area contributed by atoms with Crippen LogP contribution in [0.4, 0.5) is 0 Å². The van der Waals surface area contributed by atoms with Gasteiger partial charge in [-0.1, -0.05) is 23.8 Å². The summed E-state index contributed by atoms with van der Waals surface area (Å²) in [4.78, 5) is 2.24. The first-order chi connectivity index (χ1) is 7.90. The van der Waals surface area contributed by atoms with Crippen molar-refractivity contribution >= 4 is 5.84 Å². The molecule has 94 valence electrons. The molecule has 0 aliphatic rings. The Morgan fingerprint density at radius 2 is 2.06 bits per heavy atom. The fourth-order valence-electron chi connectivity index (χ4n) is 1.87. The largest absolute Gasteiger partial charge is 0.388 e. The van der Waals surface area contributed by atoms with Crippen LogP contribution in [0.2, 0.25) is 0 Å². The quantitative estimate of drug-likeness (QED) is 0.606. The Hall–Kier alpha value is -1.35. The first-order valence-corrected chi connectivity index (χ1v) is 5.99. The van der Waals surface area contributed by atoms with E-state index in [1.807, 2.05) is 0 Å². The van der Waals surface area contributed by atoms with E-state index in [-0.39, 0.29) is 5.84 Å². The molecule has 0 fully saturated rings. The summed E-state index contributed by atoms with van der Waals surface area (Å²) in [6, 6.07) is 6.82. The van der Waals surface area contributed by atoms with Gasteiger partial charge in [-0.3, -0.25) is 10.3 Å². The average Bonchev–Trinajstić information content (AvgIpc) is 2.22. The molecule has 0 spiro atoms. The molecule has 0 saturated carbocycles. The van der Waals surface area contributed by atoms with E-state index in [1.54, 1.807) is 0 Å². The minimum absolute atomic E-state index is 0.255. The third-order valence-electron chi connectivity index (χ3n) is 3.19. The normalized spacial score (nSPS) is 12.8. The minimum atomic E-state index is 0.255. The molecule has 17 heavy (non-hydrogen) atoms. The van der Waals surface area contributed by atoms with E-state index in [0.717, 1.165) is 6.54 Å². The van der Waals surface area contributed by atoms with Crippen molar-refractivity contribution in [2.45, 2.75) is 39.8 Å². The number of hydrogen-bond acceptors (Lipinski definition) is 2. The van der Waals surface area contributed by atoms with E-state index in [0.29, 0.717) is 12.5 Å². The molecule has 0 bridgehead atoms. The fraction of sp³-hybridized carbons (Fsp3) is 0.500. The van der Waals surface area contributed by atoms with Crippen LogP contribution in [0.3, 0.4) is 0 Å². The molecule has 1 unspecified atom stereocenters. The summed E-state index contributed by atoms with van der Waals surface area (Å²) in [5.41, 5.74) is 9.39. The van der Waals surface area contributed by atoms with Gasteiger partial charge in [0.1, 0.15) is 0 Å². The molecule has 0 radical (unpaired) electrons. The second-order valence-corrected chi connectivity index (χ2v) is 4.92. The van der Waals surface area contributed by atoms with Crippen LogP contribution in [-0.4, -0.2) is 23.8 Å². The lowest BCUT2D eigenvalue weighted by Crippen LogP contribution is -2.32. The Bertz CT molecular complexity index is 398. The van der Waals surface area contributed by atoms with Crippen LogP contribution in [0.25, 0.3) is 0 Å².